The van der Waals surface area contributed by atoms with Gasteiger partial charge in [-0.25, -0.2) is 12.8 Å². The molecule has 136 valence electrons. The van der Waals surface area contributed by atoms with Gasteiger partial charge in [-0.3, -0.25) is 4.99 Å². The molecule has 8 heteroatoms. The fourth-order valence-electron chi connectivity index (χ4n) is 1.95. The molecule has 0 radical (unpaired) electrons. The van der Waals surface area contributed by atoms with E-state index in [-0.39, 0.29) is 23.7 Å². The van der Waals surface area contributed by atoms with Crippen molar-refractivity contribution in [3.05, 3.63) is 30.1 Å². The van der Waals surface area contributed by atoms with Gasteiger partial charge in [0.25, 0.3) is 0 Å². The third-order valence-electron chi connectivity index (χ3n) is 3.22. The molecule has 0 amide bonds. The van der Waals surface area contributed by atoms with Gasteiger partial charge in [0, 0.05) is 25.4 Å². The van der Waals surface area contributed by atoms with E-state index in [0.29, 0.717) is 24.7 Å². The van der Waals surface area contributed by atoms with E-state index in [2.05, 4.69) is 15.6 Å². The van der Waals surface area contributed by atoms with Gasteiger partial charge in [-0.1, -0.05) is 6.07 Å². The van der Waals surface area contributed by atoms with Crippen molar-refractivity contribution in [3.8, 4) is 5.75 Å². The maximum absolute atomic E-state index is 13.1. The van der Waals surface area contributed by atoms with Crippen LogP contribution in [0.15, 0.2) is 29.3 Å². The Bertz CT molecular complexity index is 650. The highest BCUT2D eigenvalue weighted by atomic mass is 32.2. The van der Waals surface area contributed by atoms with Crippen LogP contribution in [0, 0.1) is 5.82 Å². The smallest absolute Gasteiger partial charge is 0.191 e. The van der Waals surface area contributed by atoms with Crippen molar-refractivity contribution in [1.29, 1.82) is 0 Å². The molecular formula is C16H26FN3O3S. The summed E-state index contributed by atoms with van der Waals surface area (Å²) < 4.78 is 41.1. The van der Waals surface area contributed by atoms with Crippen LogP contribution in [0.4, 0.5) is 4.39 Å². The molecule has 1 aromatic rings. The molecule has 2 atom stereocenters. The first-order chi connectivity index (χ1) is 11.2. The highest BCUT2D eigenvalue weighted by Gasteiger charge is 2.11. The minimum atomic E-state index is -2.98. The van der Waals surface area contributed by atoms with Crippen LogP contribution in [0.2, 0.25) is 0 Å². The van der Waals surface area contributed by atoms with Crippen LogP contribution in [0.25, 0.3) is 0 Å². The number of nitrogens with zero attached hydrogens (tertiary/aromatic N) is 1. The zero-order chi connectivity index (χ0) is 18.2. The number of aliphatic imine (C=N–C) groups is 1. The van der Waals surface area contributed by atoms with Gasteiger partial charge in [0.1, 0.15) is 27.5 Å². The van der Waals surface area contributed by atoms with Gasteiger partial charge >= 0.3 is 0 Å². The molecule has 2 N–H and O–H groups in total. The molecule has 0 aromatic heterocycles. The molecule has 0 aliphatic rings. The number of rotatable bonds is 8. The molecule has 24 heavy (non-hydrogen) atoms. The van der Waals surface area contributed by atoms with Gasteiger partial charge in [-0.2, -0.15) is 0 Å². The molecule has 0 fully saturated rings. The molecule has 2 unspecified atom stereocenters. The van der Waals surface area contributed by atoms with Crippen LogP contribution in [0.5, 0.6) is 5.75 Å². The van der Waals surface area contributed by atoms with E-state index in [1.54, 1.807) is 19.2 Å². The number of hydrogen-bond acceptors (Lipinski definition) is 4. The van der Waals surface area contributed by atoms with Gasteiger partial charge in [0.2, 0.25) is 0 Å². The zero-order valence-corrected chi connectivity index (χ0v) is 15.4. The standard InChI is InChI=1S/C16H26FN3O3S/c1-12(8-9-24(4,21)22)20-16(18-3)19-11-13(2)23-15-7-5-6-14(17)10-15/h5-7,10,12-13H,8-9,11H2,1-4H3,(H2,18,19,20). The minimum Gasteiger partial charge on any atom is -0.489 e. The second-order valence-corrected chi connectivity index (χ2v) is 8.06. The normalized spacial score (nSPS) is 14.8. The van der Waals surface area contributed by atoms with Gasteiger partial charge in [0.05, 0.1) is 12.3 Å². The van der Waals surface area contributed by atoms with E-state index in [0.717, 1.165) is 0 Å². The van der Waals surface area contributed by atoms with E-state index >= 15 is 0 Å². The van der Waals surface area contributed by atoms with Crippen molar-refractivity contribution >= 4 is 15.8 Å². The number of halogens is 1. The van der Waals surface area contributed by atoms with Crippen LogP contribution in [0.3, 0.4) is 0 Å². The Balaban J connectivity index is 2.40. The van der Waals surface area contributed by atoms with Crippen molar-refractivity contribution in [2.75, 3.05) is 25.6 Å². The highest BCUT2D eigenvalue weighted by Crippen LogP contribution is 2.13. The first kappa shape index (κ1) is 20.2. The van der Waals surface area contributed by atoms with Crippen LogP contribution in [0.1, 0.15) is 20.3 Å². The largest absolute Gasteiger partial charge is 0.489 e. The van der Waals surface area contributed by atoms with Gasteiger partial charge in [0.15, 0.2) is 5.96 Å². The van der Waals surface area contributed by atoms with E-state index < -0.39 is 9.84 Å². The Hall–Kier alpha value is -1.83. The lowest BCUT2D eigenvalue weighted by Crippen LogP contribution is -2.45. The molecule has 1 aromatic carbocycles. The summed E-state index contributed by atoms with van der Waals surface area (Å²) in [7, 11) is -1.34. The Morgan fingerprint density at radius 3 is 2.67 bits per heavy atom. The summed E-state index contributed by atoms with van der Waals surface area (Å²) in [6, 6.07) is 5.94. The summed E-state index contributed by atoms with van der Waals surface area (Å²) in [5.41, 5.74) is 0. The third kappa shape index (κ3) is 8.71. The Morgan fingerprint density at radius 1 is 1.38 bits per heavy atom. The van der Waals surface area contributed by atoms with Crippen LogP contribution in [-0.2, 0) is 9.84 Å². The van der Waals surface area contributed by atoms with Crippen molar-refractivity contribution in [2.45, 2.75) is 32.4 Å². The molecular weight excluding hydrogens is 333 g/mol. The van der Waals surface area contributed by atoms with Crippen LogP contribution < -0.4 is 15.4 Å². The van der Waals surface area contributed by atoms with Gasteiger partial charge in [-0.15, -0.1) is 0 Å². The summed E-state index contributed by atoms with van der Waals surface area (Å²) in [6.07, 6.45) is 1.52. The molecule has 0 bridgehead atoms. The average Bonchev–Trinajstić information content (AvgIpc) is 2.48. The Kier molecular flexibility index (Phi) is 7.97. The van der Waals surface area contributed by atoms with Crippen LogP contribution >= 0.6 is 0 Å². The number of benzene rings is 1. The Morgan fingerprint density at radius 2 is 2.08 bits per heavy atom. The van der Waals surface area contributed by atoms with Gasteiger partial charge in [-0.05, 0) is 32.4 Å². The van der Waals surface area contributed by atoms with E-state index in [1.165, 1.54) is 18.4 Å². The van der Waals surface area contributed by atoms with E-state index in [1.807, 2.05) is 13.8 Å². The first-order valence-corrected chi connectivity index (χ1v) is 9.83. The van der Waals surface area contributed by atoms with Crippen molar-refractivity contribution in [3.63, 3.8) is 0 Å². The monoisotopic (exact) mass is 359 g/mol. The average molecular weight is 359 g/mol. The van der Waals surface area contributed by atoms with Crippen molar-refractivity contribution < 1.29 is 17.5 Å². The molecule has 0 saturated heterocycles. The lowest BCUT2D eigenvalue weighted by molar-refractivity contribution is 0.223. The summed E-state index contributed by atoms with van der Waals surface area (Å²) in [6.45, 7) is 4.22. The summed E-state index contributed by atoms with van der Waals surface area (Å²) in [5, 5.41) is 6.23. The first-order valence-electron chi connectivity index (χ1n) is 7.76. The predicted octanol–water partition coefficient (Wildman–Crippen LogP) is 1.58. The number of hydrogen-bond donors (Lipinski definition) is 2. The van der Waals surface area contributed by atoms with Crippen molar-refractivity contribution in [2.24, 2.45) is 4.99 Å². The number of nitrogens with one attached hydrogen (secondary N) is 2. The molecule has 6 nitrogen and oxygen atoms in total. The van der Waals surface area contributed by atoms with Crippen LogP contribution in [-0.4, -0.2) is 52.1 Å². The summed E-state index contributed by atoms with van der Waals surface area (Å²) in [5.74, 6) is 0.807. The summed E-state index contributed by atoms with van der Waals surface area (Å²) in [4.78, 5) is 4.09. The minimum absolute atomic E-state index is 0.0367. The van der Waals surface area contributed by atoms with Crippen molar-refractivity contribution in [1.82, 2.24) is 10.6 Å². The molecule has 0 spiro atoms. The lowest BCUT2D eigenvalue weighted by atomic mass is 10.3. The quantitative estimate of drug-likeness (QED) is 0.544. The molecule has 0 heterocycles. The summed E-state index contributed by atoms with van der Waals surface area (Å²) >= 11 is 0. The number of sulfone groups is 1. The maximum Gasteiger partial charge on any atom is 0.191 e. The van der Waals surface area contributed by atoms with E-state index in [4.69, 9.17) is 4.74 Å². The zero-order valence-electron chi connectivity index (χ0n) is 14.5. The lowest BCUT2D eigenvalue weighted by Gasteiger charge is -2.20. The number of ether oxygens (including phenoxy) is 1. The molecule has 1 rings (SSSR count). The molecule has 0 saturated carbocycles. The Labute approximate surface area is 143 Å². The van der Waals surface area contributed by atoms with Gasteiger partial charge < -0.3 is 15.4 Å². The SMILES string of the molecule is CN=C(NCC(C)Oc1cccc(F)c1)NC(C)CCS(C)(=O)=O. The topological polar surface area (TPSA) is 79.8 Å². The highest BCUT2D eigenvalue weighted by molar-refractivity contribution is 7.90. The maximum atomic E-state index is 13.1. The second-order valence-electron chi connectivity index (χ2n) is 5.80. The molecule has 0 aliphatic heterocycles. The number of guanidine groups is 1. The molecule has 0 aliphatic carbocycles. The van der Waals surface area contributed by atoms with E-state index in [9.17, 15) is 12.8 Å². The third-order valence-corrected chi connectivity index (χ3v) is 4.20. The fourth-order valence-corrected chi connectivity index (χ4v) is 2.73. The second kappa shape index (κ2) is 9.46. The fraction of sp³-hybridized carbons (Fsp3) is 0.562. The predicted molar refractivity (Wildman–Crippen MR) is 94.8 cm³/mol.